The average molecular weight is 375 g/mol. The normalized spacial score (nSPS) is 33.0. The van der Waals surface area contributed by atoms with Gasteiger partial charge in [0, 0.05) is 0 Å². The highest BCUT2D eigenvalue weighted by Gasteiger charge is 2.54. The number of anilines is 1. The van der Waals surface area contributed by atoms with E-state index in [0.717, 1.165) is 12.8 Å². The summed E-state index contributed by atoms with van der Waals surface area (Å²) in [6.45, 7) is 5.81. The lowest BCUT2D eigenvalue weighted by atomic mass is 10.1. The second kappa shape index (κ2) is 6.02. The first kappa shape index (κ1) is 17.2. The molecular weight excluding hydrogens is 350 g/mol. The highest BCUT2D eigenvalue weighted by molar-refractivity contribution is 5.82. The number of nitrogens with two attached hydrogens (primary N) is 1. The molecular formula is C18H25N5O4. The molecule has 4 atom stereocenters. The van der Waals surface area contributed by atoms with Crippen LogP contribution in [0.4, 0.5) is 5.82 Å². The lowest BCUT2D eigenvalue weighted by Gasteiger charge is -2.23. The Labute approximate surface area is 157 Å². The van der Waals surface area contributed by atoms with E-state index in [1.54, 1.807) is 6.33 Å². The number of ether oxygens (including phenoxy) is 4. The minimum Gasteiger partial charge on any atom is -0.460 e. The van der Waals surface area contributed by atoms with Gasteiger partial charge in [0.2, 0.25) is 0 Å². The second-order valence-electron chi connectivity index (χ2n) is 8.04. The first-order valence-electron chi connectivity index (χ1n) is 9.59. The summed E-state index contributed by atoms with van der Waals surface area (Å²) < 4.78 is 26.0. The van der Waals surface area contributed by atoms with Gasteiger partial charge in [-0.3, -0.25) is 4.57 Å². The Morgan fingerprint density at radius 3 is 2.70 bits per heavy atom. The van der Waals surface area contributed by atoms with Crippen LogP contribution in [0.2, 0.25) is 0 Å². The van der Waals surface area contributed by atoms with Crippen molar-refractivity contribution < 1.29 is 18.9 Å². The number of nitrogens with zero attached hydrogens (tertiary/aromatic N) is 4. The molecule has 4 heterocycles. The molecule has 0 spiro atoms. The van der Waals surface area contributed by atoms with Crippen LogP contribution in [0, 0.1) is 0 Å². The molecule has 2 saturated heterocycles. The fourth-order valence-electron chi connectivity index (χ4n) is 4.31. The molecule has 0 unspecified atom stereocenters. The lowest BCUT2D eigenvalue weighted by Crippen LogP contribution is -2.27. The minimum absolute atomic E-state index is 0.104. The van der Waals surface area contributed by atoms with Gasteiger partial charge in [0.15, 0.2) is 29.0 Å². The zero-order chi connectivity index (χ0) is 18.8. The summed E-state index contributed by atoms with van der Waals surface area (Å²) in [5, 5.41) is 0. The quantitative estimate of drug-likeness (QED) is 0.870. The van der Waals surface area contributed by atoms with Gasteiger partial charge in [0.25, 0.3) is 0 Å². The lowest BCUT2D eigenvalue weighted by molar-refractivity contribution is -0.194. The Morgan fingerprint density at radius 2 is 1.93 bits per heavy atom. The number of nitrogen functional groups attached to an aromatic ring is 1. The molecule has 0 amide bonds. The Hall–Kier alpha value is -1.97. The van der Waals surface area contributed by atoms with Crippen LogP contribution in [0.25, 0.3) is 11.2 Å². The summed E-state index contributed by atoms with van der Waals surface area (Å²) in [6, 6.07) is 0.292. The second-order valence-corrected chi connectivity index (χ2v) is 8.04. The molecule has 2 aromatic rings. The third-order valence-electron chi connectivity index (χ3n) is 5.54. The van der Waals surface area contributed by atoms with E-state index in [4.69, 9.17) is 24.7 Å². The van der Waals surface area contributed by atoms with Gasteiger partial charge in [0.1, 0.15) is 18.3 Å². The van der Waals surface area contributed by atoms with Crippen LogP contribution in [0.1, 0.15) is 52.7 Å². The SMILES string of the molecule is C[C@H]1O[C@@H](n2cnc3c(N)nc(OC4CCCC4)nc32)[C@@H]2OC(C)(C)O[C@@H]21. The predicted octanol–water partition coefficient (Wildman–Crippen LogP) is 2.17. The van der Waals surface area contributed by atoms with Crippen LogP contribution >= 0.6 is 0 Å². The average Bonchev–Trinajstić information content (AvgIpc) is 3.34. The van der Waals surface area contributed by atoms with E-state index in [2.05, 4.69) is 15.0 Å². The van der Waals surface area contributed by atoms with Crippen LogP contribution in [-0.4, -0.2) is 49.7 Å². The van der Waals surface area contributed by atoms with Crippen molar-refractivity contribution in [2.24, 2.45) is 0 Å². The van der Waals surface area contributed by atoms with Crippen molar-refractivity contribution in [3.05, 3.63) is 6.33 Å². The van der Waals surface area contributed by atoms with Gasteiger partial charge < -0.3 is 24.7 Å². The molecule has 0 aromatic carbocycles. The molecule has 2 aliphatic heterocycles. The fraction of sp³-hybridized carbons (Fsp3) is 0.722. The van der Waals surface area contributed by atoms with Crippen molar-refractivity contribution >= 4 is 17.0 Å². The van der Waals surface area contributed by atoms with Gasteiger partial charge in [-0.15, -0.1) is 0 Å². The highest BCUT2D eigenvalue weighted by atomic mass is 16.8. The van der Waals surface area contributed by atoms with Crippen LogP contribution < -0.4 is 10.5 Å². The fourth-order valence-corrected chi connectivity index (χ4v) is 4.31. The van der Waals surface area contributed by atoms with Crippen LogP contribution in [0.3, 0.4) is 0 Å². The van der Waals surface area contributed by atoms with E-state index >= 15 is 0 Å². The Kier molecular flexibility index (Phi) is 3.82. The van der Waals surface area contributed by atoms with Gasteiger partial charge in [-0.1, -0.05) is 0 Å². The van der Waals surface area contributed by atoms with Crippen molar-refractivity contribution in [3.8, 4) is 6.01 Å². The molecule has 3 aliphatic rings. The van der Waals surface area contributed by atoms with E-state index in [1.807, 2.05) is 25.3 Å². The molecule has 1 saturated carbocycles. The number of imidazole rings is 1. The molecule has 9 heteroatoms. The predicted molar refractivity (Wildman–Crippen MR) is 96.0 cm³/mol. The van der Waals surface area contributed by atoms with Crippen molar-refractivity contribution in [1.82, 2.24) is 19.5 Å². The summed E-state index contributed by atoms with van der Waals surface area (Å²) >= 11 is 0. The molecule has 27 heavy (non-hydrogen) atoms. The van der Waals surface area contributed by atoms with Gasteiger partial charge >= 0.3 is 6.01 Å². The number of hydrogen-bond acceptors (Lipinski definition) is 8. The third-order valence-corrected chi connectivity index (χ3v) is 5.54. The summed E-state index contributed by atoms with van der Waals surface area (Å²) in [4.78, 5) is 13.3. The summed E-state index contributed by atoms with van der Waals surface area (Å²) in [6.07, 6.45) is 5.31. The first-order valence-corrected chi connectivity index (χ1v) is 9.59. The van der Waals surface area contributed by atoms with Gasteiger partial charge in [-0.25, -0.2) is 4.98 Å². The minimum atomic E-state index is -0.646. The Bertz CT molecular complexity index is 863. The molecule has 0 bridgehead atoms. The molecule has 2 aromatic heterocycles. The summed E-state index contributed by atoms with van der Waals surface area (Å²) in [5.74, 6) is -0.342. The number of fused-ring (bicyclic) bond motifs is 2. The number of rotatable bonds is 3. The summed E-state index contributed by atoms with van der Waals surface area (Å²) in [7, 11) is 0. The number of aromatic nitrogens is 4. The molecule has 5 rings (SSSR count). The largest absolute Gasteiger partial charge is 0.460 e. The molecule has 2 N–H and O–H groups in total. The van der Waals surface area contributed by atoms with Crippen LogP contribution in [0.15, 0.2) is 6.33 Å². The van der Waals surface area contributed by atoms with Crippen molar-refractivity contribution in [3.63, 3.8) is 0 Å². The maximum atomic E-state index is 6.12. The maximum absolute atomic E-state index is 6.12. The number of hydrogen-bond donors (Lipinski definition) is 1. The zero-order valence-electron chi connectivity index (χ0n) is 15.8. The Morgan fingerprint density at radius 1 is 1.19 bits per heavy atom. The smallest absolute Gasteiger partial charge is 0.320 e. The molecule has 1 aliphatic carbocycles. The third kappa shape index (κ3) is 2.84. The molecule has 3 fully saturated rings. The monoisotopic (exact) mass is 375 g/mol. The van der Waals surface area contributed by atoms with Crippen molar-refractivity contribution in [1.29, 1.82) is 0 Å². The summed E-state index contributed by atoms with van der Waals surface area (Å²) in [5.41, 5.74) is 7.24. The van der Waals surface area contributed by atoms with E-state index in [1.165, 1.54) is 12.8 Å². The van der Waals surface area contributed by atoms with E-state index in [9.17, 15) is 0 Å². The van der Waals surface area contributed by atoms with Gasteiger partial charge in [-0.05, 0) is 46.5 Å². The maximum Gasteiger partial charge on any atom is 0.320 e. The van der Waals surface area contributed by atoms with Crippen molar-refractivity contribution in [2.45, 2.75) is 82.9 Å². The molecule has 0 radical (unpaired) electrons. The van der Waals surface area contributed by atoms with E-state index < -0.39 is 12.0 Å². The zero-order valence-corrected chi connectivity index (χ0v) is 15.8. The standard InChI is InChI=1S/C18H25N5O4/c1-9-12-13(27-18(2,3)26-12)16(24-9)23-8-20-11-14(19)21-17(22-15(11)23)25-10-6-4-5-7-10/h8-10,12-13,16H,4-7H2,1-3H3,(H2,19,21,22)/t9-,12-,13-,16-/m1/s1. The molecule has 9 nitrogen and oxygen atoms in total. The topological polar surface area (TPSA) is 107 Å². The van der Waals surface area contributed by atoms with E-state index in [-0.39, 0.29) is 24.4 Å². The highest BCUT2D eigenvalue weighted by Crippen LogP contribution is 2.43. The van der Waals surface area contributed by atoms with Crippen molar-refractivity contribution in [2.75, 3.05) is 5.73 Å². The van der Waals surface area contributed by atoms with Crippen LogP contribution in [0.5, 0.6) is 6.01 Å². The Balaban J connectivity index is 1.50. The van der Waals surface area contributed by atoms with Gasteiger partial charge in [-0.2, -0.15) is 9.97 Å². The van der Waals surface area contributed by atoms with E-state index in [0.29, 0.717) is 23.0 Å². The van der Waals surface area contributed by atoms with Crippen LogP contribution in [-0.2, 0) is 14.2 Å². The first-order chi connectivity index (χ1) is 12.9. The molecule has 146 valence electrons. The van der Waals surface area contributed by atoms with Gasteiger partial charge in [0.05, 0.1) is 12.4 Å².